The largest absolute Gasteiger partial charge is 0.391 e. The monoisotopic (exact) mass is 296 g/mol. The van der Waals surface area contributed by atoms with E-state index >= 15 is 0 Å². The fourth-order valence-electron chi connectivity index (χ4n) is 4.83. The predicted octanol–water partition coefficient (Wildman–Crippen LogP) is 1.97. The Labute approximate surface area is 129 Å². The molecule has 21 heavy (non-hydrogen) atoms. The first-order valence-corrected chi connectivity index (χ1v) is 8.36. The summed E-state index contributed by atoms with van der Waals surface area (Å²) in [6.07, 6.45) is 1.93. The lowest BCUT2D eigenvalue weighted by Crippen LogP contribution is -2.51. The third-order valence-electron chi connectivity index (χ3n) is 6.77. The zero-order chi connectivity index (χ0) is 16.0. The molecule has 2 fully saturated rings. The van der Waals surface area contributed by atoms with Crippen molar-refractivity contribution < 1.29 is 9.90 Å². The number of aliphatic hydroxyl groups is 1. The van der Waals surface area contributed by atoms with Gasteiger partial charge in [0.25, 0.3) is 0 Å². The van der Waals surface area contributed by atoms with Crippen LogP contribution in [0.25, 0.3) is 0 Å². The van der Waals surface area contributed by atoms with Crippen molar-refractivity contribution in [3.8, 4) is 0 Å². The summed E-state index contributed by atoms with van der Waals surface area (Å²) >= 11 is 0. The molecule has 4 atom stereocenters. The van der Waals surface area contributed by atoms with Gasteiger partial charge in [-0.15, -0.1) is 0 Å². The average Bonchev–Trinajstić information content (AvgIpc) is 2.72. The topological polar surface area (TPSA) is 43.8 Å². The van der Waals surface area contributed by atoms with E-state index in [1.807, 2.05) is 25.8 Å². The highest BCUT2D eigenvalue weighted by molar-refractivity contribution is 5.78. The molecule has 4 nitrogen and oxygen atoms in total. The lowest BCUT2D eigenvalue weighted by Gasteiger charge is -2.39. The van der Waals surface area contributed by atoms with Crippen molar-refractivity contribution >= 4 is 5.91 Å². The summed E-state index contributed by atoms with van der Waals surface area (Å²) in [4.78, 5) is 16.3. The van der Waals surface area contributed by atoms with Gasteiger partial charge in [0.05, 0.1) is 12.6 Å². The molecule has 0 aliphatic heterocycles. The fourth-order valence-corrected chi connectivity index (χ4v) is 4.83. The van der Waals surface area contributed by atoms with Crippen molar-refractivity contribution in [2.24, 2.45) is 16.7 Å². The first-order valence-electron chi connectivity index (χ1n) is 8.36. The van der Waals surface area contributed by atoms with Gasteiger partial charge >= 0.3 is 0 Å². The first kappa shape index (κ1) is 16.8. The molecule has 1 N–H and O–H groups in total. The van der Waals surface area contributed by atoms with Crippen molar-refractivity contribution in [2.45, 2.75) is 59.6 Å². The van der Waals surface area contributed by atoms with Crippen molar-refractivity contribution in [3.05, 3.63) is 0 Å². The number of hydrogen-bond acceptors (Lipinski definition) is 3. The Bertz CT molecular complexity index is 406. The van der Waals surface area contributed by atoms with Crippen molar-refractivity contribution in [1.82, 2.24) is 9.80 Å². The second-order valence-corrected chi connectivity index (χ2v) is 7.70. The van der Waals surface area contributed by atoms with Gasteiger partial charge < -0.3 is 10.0 Å². The Kier molecular flexibility index (Phi) is 4.42. The molecule has 0 aromatic heterocycles. The van der Waals surface area contributed by atoms with Crippen LogP contribution in [0.4, 0.5) is 0 Å². The third-order valence-corrected chi connectivity index (χ3v) is 6.77. The molecule has 0 aromatic carbocycles. The maximum absolute atomic E-state index is 12.3. The number of likely N-dealkylation sites (N-methyl/N-ethyl adjacent to an activating group) is 2. The lowest BCUT2D eigenvalue weighted by atomic mass is 9.70. The molecule has 2 bridgehead atoms. The minimum atomic E-state index is -0.333. The van der Waals surface area contributed by atoms with E-state index in [0.717, 1.165) is 25.9 Å². The van der Waals surface area contributed by atoms with Gasteiger partial charge in [-0.2, -0.15) is 0 Å². The molecule has 2 rings (SSSR count). The molecule has 4 unspecified atom stereocenters. The third kappa shape index (κ3) is 2.31. The Morgan fingerprint density at radius 1 is 1.24 bits per heavy atom. The lowest BCUT2D eigenvalue weighted by molar-refractivity contribution is -0.133. The second kappa shape index (κ2) is 5.54. The number of amides is 1. The summed E-state index contributed by atoms with van der Waals surface area (Å²) in [6.45, 7) is 12.7. The summed E-state index contributed by atoms with van der Waals surface area (Å²) in [6, 6.07) is 0.110. The Morgan fingerprint density at radius 3 is 2.24 bits per heavy atom. The molecule has 0 heterocycles. The maximum Gasteiger partial charge on any atom is 0.236 e. The molecular weight excluding hydrogens is 264 g/mol. The highest BCUT2D eigenvalue weighted by Crippen LogP contribution is 2.66. The average molecular weight is 296 g/mol. The fraction of sp³-hybridized carbons (Fsp3) is 0.941. The van der Waals surface area contributed by atoms with Crippen molar-refractivity contribution in [3.63, 3.8) is 0 Å². The van der Waals surface area contributed by atoms with Crippen LogP contribution < -0.4 is 0 Å². The number of nitrogens with zero attached hydrogens (tertiary/aromatic N) is 2. The smallest absolute Gasteiger partial charge is 0.236 e. The van der Waals surface area contributed by atoms with Gasteiger partial charge in [-0.1, -0.05) is 20.8 Å². The molecule has 0 aromatic rings. The van der Waals surface area contributed by atoms with Crippen LogP contribution in [0.2, 0.25) is 0 Å². The molecule has 0 saturated heterocycles. The summed E-state index contributed by atoms with van der Waals surface area (Å²) in [5.74, 6) is 0.646. The normalized spacial score (nSPS) is 37.2. The van der Waals surface area contributed by atoms with Gasteiger partial charge in [0.15, 0.2) is 0 Å². The van der Waals surface area contributed by atoms with Crippen LogP contribution in [-0.4, -0.2) is 59.6 Å². The van der Waals surface area contributed by atoms with Crippen LogP contribution in [0, 0.1) is 16.7 Å². The quantitative estimate of drug-likeness (QED) is 0.843. The molecule has 2 aliphatic carbocycles. The molecule has 122 valence electrons. The SMILES string of the molecule is CCN(CC)C(=O)CN(C)C1C2CCC(C)(C1O)C2(C)C. The second-order valence-electron chi connectivity index (χ2n) is 7.70. The molecule has 4 heteroatoms. The first-order chi connectivity index (χ1) is 9.70. The standard InChI is InChI=1S/C17H32N2O2/c1-7-19(8-2)13(20)11-18(6)14-12-9-10-17(5,15(14)21)16(12,3)4/h12,14-15,21H,7-11H2,1-6H3. The van der Waals surface area contributed by atoms with E-state index in [1.165, 1.54) is 0 Å². The number of carbonyl (C=O) groups excluding carboxylic acids is 1. The van der Waals surface area contributed by atoms with Crippen LogP contribution in [0.1, 0.15) is 47.5 Å². The van der Waals surface area contributed by atoms with Gasteiger partial charge in [0.1, 0.15) is 0 Å². The minimum Gasteiger partial charge on any atom is -0.391 e. The molecule has 0 spiro atoms. The highest BCUT2D eigenvalue weighted by atomic mass is 16.3. The van der Waals surface area contributed by atoms with E-state index in [9.17, 15) is 9.90 Å². The van der Waals surface area contributed by atoms with Gasteiger partial charge in [-0.25, -0.2) is 0 Å². The highest BCUT2D eigenvalue weighted by Gasteiger charge is 2.66. The molecule has 1 amide bonds. The van der Waals surface area contributed by atoms with Gasteiger partial charge in [-0.3, -0.25) is 9.69 Å². The van der Waals surface area contributed by atoms with Crippen LogP contribution in [0.3, 0.4) is 0 Å². The van der Waals surface area contributed by atoms with Gasteiger partial charge in [0.2, 0.25) is 5.91 Å². The van der Waals surface area contributed by atoms with Crippen molar-refractivity contribution in [2.75, 3.05) is 26.7 Å². The van der Waals surface area contributed by atoms with E-state index in [-0.39, 0.29) is 28.9 Å². The Balaban J connectivity index is 2.11. The zero-order valence-corrected chi connectivity index (χ0v) is 14.5. The predicted molar refractivity (Wildman–Crippen MR) is 85.0 cm³/mol. The summed E-state index contributed by atoms with van der Waals surface area (Å²) in [5, 5.41) is 10.8. The number of hydrogen-bond donors (Lipinski definition) is 1. The van der Waals surface area contributed by atoms with Crippen LogP contribution in [0.5, 0.6) is 0 Å². The number of aliphatic hydroxyl groups excluding tert-OH is 1. The van der Waals surface area contributed by atoms with E-state index in [1.54, 1.807) is 0 Å². The summed E-state index contributed by atoms with van der Waals surface area (Å²) in [7, 11) is 2.00. The van der Waals surface area contributed by atoms with Crippen LogP contribution >= 0.6 is 0 Å². The van der Waals surface area contributed by atoms with Crippen LogP contribution in [-0.2, 0) is 4.79 Å². The van der Waals surface area contributed by atoms with Crippen molar-refractivity contribution in [1.29, 1.82) is 0 Å². The molecule has 2 saturated carbocycles. The number of carbonyl (C=O) groups is 1. The summed E-state index contributed by atoms with van der Waals surface area (Å²) in [5.41, 5.74) is 0.123. The minimum absolute atomic E-state index is 0.0190. The number of rotatable bonds is 5. The number of fused-ring (bicyclic) bond motifs is 2. The zero-order valence-electron chi connectivity index (χ0n) is 14.5. The summed E-state index contributed by atoms with van der Waals surface area (Å²) < 4.78 is 0. The van der Waals surface area contributed by atoms with Crippen LogP contribution in [0.15, 0.2) is 0 Å². The van der Waals surface area contributed by atoms with Gasteiger partial charge in [0, 0.05) is 24.5 Å². The molecule has 0 radical (unpaired) electrons. The Morgan fingerprint density at radius 2 is 1.81 bits per heavy atom. The van der Waals surface area contributed by atoms with E-state index in [2.05, 4.69) is 25.7 Å². The maximum atomic E-state index is 12.3. The van der Waals surface area contributed by atoms with Gasteiger partial charge in [-0.05, 0) is 45.1 Å². The van der Waals surface area contributed by atoms with E-state index in [4.69, 9.17) is 0 Å². The molecule has 2 aliphatic rings. The van der Waals surface area contributed by atoms with E-state index < -0.39 is 0 Å². The Hall–Kier alpha value is -0.610. The molecular formula is C17H32N2O2. The van der Waals surface area contributed by atoms with E-state index in [0.29, 0.717) is 12.5 Å².